The Labute approximate surface area is 153 Å². The predicted molar refractivity (Wildman–Crippen MR) is 99.1 cm³/mol. The zero-order valence-electron chi connectivity index (χ0n) is 15.3. The molecule has 0 atom stereocenters. The van der Waals surface area contributed by atoms with Gasteiger partial charge in [0, 0.05) is 30.0 Å². The Balaban J connectivity index is 2.09. The monoisotopic (exact) mass is 377 g/mol. The summed E-state index contributed by atoms with van der Waals surface area (Å²) in [6.07, 6.45) is 0. The van der Waals surface area contributed by atoms with Crippen LogP contribution in [0.2, 0.25) is 0 Å². The summed E-state index contributed by atoms with van der Waals surface area (Å²) < 4.78 is 26.3. The molecule has 0 aliphatic heterocycles. The van der Waals surface area contributed by atoms with Gasteiger partial charge in [0.1, 0.15) is 0 Å². The van der Waals surface area contributed by atoms with Gasteiger partial charge in [-0.15, -0.1) is 0 Å². The van der Waals surface area contributed by atoms with E-state index in [1.807, 2.05) is 19.9 Å². The molecular weight excluding hydrogens is 354 g/mol. The third-order valence-corrected chi connectivity index (χ3v) is 5.79. The molecule has 0 saturated carbocycles. The highest BCUT2D eigenvalue weighted by Gasteiger charge is 2.21. The van der Waals surface area contributed by atoms with Crippen LogP contribution >= 0.6 is 0 Å². The number of carbonyl (C=O) groups excluding carboxylic acids is 1. The molecule has 1 amide bonds. The lowest BCUT2D eigenvalue weighted by atomic mass is 10.2. The summed E-state index contributed by atoms with van der Waals surface area (Å²) in [4.78, 5) is 20.7. The molecule has 2 aromatic rings. The highest BCUT2D eigenvalue weighted by molar-refractivity contribution is 7.89. The second-order valence-corrected chi connectivity index (χ2v) is 7.61. The number of nitrogens with one attached hydrogen (secondary N) is 2. The number of hydrogen-bond acceptors (Lipinski definition) is 6. The first-order valence-electron chi connectivity index (χ1n) is 8.26. The summed E-state index contributed by atoms with van der Waals surface area (Å²) in [5.74, 6) is -0.129. The Kier molecular flexibility index (Phi) is 6.27. The fourth-order valence-electron chi connectivity index (χ4n) is 2.46. The van der Waals surface area contributed by atoms with Crippen molar-refractivity contribution >= 4 is 21.9 Å². The van der Waals surface area contributed by atoms with Crippen molar-refractivity contribution in [3.05, 3.63) is 47.3 Å². The van der Waals surface area contributed by atoms with E-state index in [9.17, 15) is 13.2 Å². The van der Waals surface area contributed by atoms with Gasteiger partial charge < -0.3 is 0 Å². The molecule has 0 aliphatic carbocycles. The number of amides is 1. The minimum Gasteiger partial charge on any atom is -0.267 e. The minimum atomic E-state index is -3.54. The standard InChI is InChI=1S/C17H23N5O3S/c1-5-22(6-2)26(24,25)15-9-7-14(8-10-15)16(23)20-21-17-18-12(3)11-13(4)19-17/h7-11H,5-6H2,1-4H3,(H,20,23)(H,18,19,21). The summed E-state index contributed by atoms with van der Waals surface area (Å²) in [7, 11) is -3.54. The molecule has 140 valence electrons. The first-order valence-corrected chi connectivity index (χ1v) is 9.70. The molecule has 0 fully saturated rings. The molecule has 1 aromatic heterocycles. The van der Waals surface area contributed by atoms with E-state index in [2.05, 4.69) is 20.8 Å². The molecule has 0 radical (unpaired) electrons. The van der Waals surface area contributed by atoms with Crippen LogP contribution in [0.3, 0.4) is 0 Å². The third-order valence-electron chi connectivity index (χ3n) is 3.73. The molecule has 0 aliphatic rings. The van der Waals surface area contributed by atoms with Crippen LogP contribution < -0.4 is 10.9 Å². The molecule has 9 heteroatoms. The molecule has 1 aromatic carbocycles. The minimum absolute atomic E-state index is 0.156. The lowest BCUT2D eigenvalue weighted by Crippen LogP contribution is -2.31. The van der Waals surface area contributed by atoms with Crippen LogP contribution in [0.5, 0.6) is 0 Å². The van der Waals surface area contributed by atoms with Gasteiger partial charge >= 0.3 is 0 Å². The average molecular weight is 377 g/mol. The largest absolute Gasteiger partial charge is 0.269 e. The molecule has 1 heterocycles. The zero-order valence-corrected chi connectivity index (χ0v) is 16.1. The number of hydrogen-bond donors (Lipinski definition) is 2. The topological polar surface area (TPSA) is 104 Å². The summed E-state index contributed by atoms with van der Waals surface area (Å²) in [5.41, 5.74) is 7.03. The van der Waals surface area contributed by atoms with Crippen molar-refractivity contribution in [3.63, 3.8) is 0 Å². The molecule has 2 N–H and O–H groups in total. The van der Waals surface area contributed by atoms with Gasteiger partial charge in [-0.1, -0.05) is 13.8 Å². The second kappa shape index (κ2) is 8.24. The van der Waals surface area contributed by atoms with E-state index < -0.39 is 15.9 Å². The number of rotatable bonds is 7. The maximum Gasteiger partial charge on any atom is 0.269 e. The normalized spacial score (nSPS) is 11.4. The quantitative estimate of drug-likeness (QED) is 0.714. The van der Waals surface area contributed by atoms with Gasteiger partial charge in [0.25, 0.3) is 5.91 Å². The summed E-state index contributed by atoms with van der Waals surface area (Å²) in [6.45, 7) is 8.00. The fraction of sp³-hybridized carbons (Fsp3) is 0.353. The summed E-state index contributed by atoms with van der Waals surface area (Å²) in [6, 6.07) is 7.61. The molecule has 26 heavy (non-hydrogen) atoms. The number of aromatic nitrogens is 2. The van der Waals surface area contributed by atoms with Crippen LogP contribution in [-0.4, -0.2) is 41.7 Å². The van der Waals surface area contributed by atoms with Crippen molar-refractivity contribution in [1.29, 1.82) is 0 Å². The van der Waals surface area contributed by atoms with Crippen molar-refractivity contribution < 1.29 is 13.2 Å². The number of anilines is 1. The molecule has 0 unspecified atom stereocenters. The Morgan fingerprint density at radius 1 is 1.04 bits per heavy atom. The highest BCUT2D eigenvalue weighted by Crippen LogP contribution is 2.16. The Bertz CT molecular complexity index is 858. The van der Waals surface area contributed by atoms with Crippen LogP contribution in [0.25, 0.3) is 0 Å². The van der Waals surface area contributed by atoms with Crippen LogP contribution in [-0.2, 0) is 10.0 Å². The van der Waals surface area contributed by atoms with Gasteiger partial charge in [0.2, 0.25) is 16.0 Å². The maximum absolute atomic E-state index is 12.4. The maximum atomic E-state index is 12.4. The Morgan fingerprint density at radius 3 is 2.08 bits per heavy atom. The first kappa shape index (κ1) is 19.8. The van der Waals surface area contributed by atoms with Gasteiger partial charge in [-0.3, -0.25) is 15.6 Å². The molecule has 8 nitrogen and oxygen atoms in total. The molecule has 2 rings (SSSR count). The third kappa shape index (κ3) is 4.55. The van der Waals surface area contributed by atoms with E-state index in [1.54, 1.807) is 13.8 Å². The molecule has 0 bridgehead atoms. The van der Waals surface area contributed by atoms with E-state index in [4.69, 9.17) is 0 Å². The van der Waals surface area contributed by atoms with Gasteiger partial charge in [-0.25, -0.2) is 18.4 Å². The number of hydrazine groups is 1. The Hall–Kier alpha value is -2.52. The van der Waals surface area contributed by atoms with Crippen molar-refractivity contribution in [3.8, 4) is 0 Å². The number of benzene rings is 1. The number of sulfonamides is 1. The van der Waals surface area contributed by atoms with Crippen molar-refractivity contribution in [1.82, 2.24) is 19.7 Å². The van der Waals surface area contributed by atoms with Gasteiger partial charge in [-0.05, 0) is 44.2 Å². The summed E-state index contributed by atoms with van der Waals surface area (Å²) >= 11 is 0. The SMILES string of the molecule is CCN(CC)S(=O)(=O)c1ccc(C(=O)NNc2nc(C)cc(C)n2)cc1. The van der Waals surface area contributed by atoms with Crippen molar-refractivity contribution in [2.24, 2.45) is 0 Å². The van der Waals surface area contributed by atoms with Gasteiger partial charge in [-0.2, -0.15) is 4.31 Å². The van der Waals surface area contributed by atoms with Crippen LogP contribution in [0.4, 0.5) is 5.95 Å². The second-order valence-electron chi connectivity index (χ2n) is 5.67. The average Bonchev–Trinajstić information content (AvgIpc) is 2.60. The van der Waals surface area contributed by atoms with Crippen molar-refractivity contribution in [2.45, 2.75) is 32.6 Å². The van der Waals surface area contributed by atoms with Gasteiger partial charge in [0.15, 0.2) is 0 Å². The van der Waals surface area contributed by atoms with Crippen LogP contribution in [0, 0.1) is 13.8 Å². The highest BCUT2D eigenvalue weighted by atomic mass is 32.2. The van der Waals surface area contributed by atoms with E-state index in [0.717, 1.165) is 11.4 Å². The van der Waals surface area contributed by atoms with E-state index in [-0.39, 0.29) is 10.8 Å². The van der Waals surface area contributed by atoms with E-state index in [0.29, 0.717) is 18.7 Å². The van der Waals surface area contributed by atoms with Crippen LogP contribution in [0.1, 0.15) is 35.6 Å². The number of carbonyl (C=O) groups is 1. The Morgan fingerprint density at radius 2 is 1.58 bits per heavy atom. The van der Waals surface area contributed by atoms with Crippen LogP contribution in [0.15, 0.2) is 35.2 Å². The number of nitrogens with zero attached hydrogens (tertiary/aromatic N) is 3. The fourth-order valence-corrected chi connectivity index (χ4v) is 3.92. The molecule has 0 spiro atoms. The molecule has 0 saturated heterocycles. The van der Waals surface area contributed by atoms with E-state index in [1.165, 1.54) is 28.6 Å². The lowest BCUT2D eigenvalue weighted by molar-refractivity contribution is 0.0962. The van der Waals surface area contributed by atoms with E-state index >= 15 is 0 Å². The predicted octanol–water partition coefficient (Wildman–Crippen LogP) is 1.88. The molecular formula is C17H23N5O3S. The van der Waals surface area contributed by atoms with Gasteiger partial charge in [0.05, 0.1) is 4.90 Å². The van der Waals surface area contributed by atoms with Crippen molar-refractivity contribution in [2.75, 3.05) is 18.5 Å². The summed E-state index contributed by atoms with van der Waals surface area (Å²) in [5, 5.41) is 0. The first-order chi connectivity index (χ1) is 12.3. The number of aryl methyl sites for hydroxylation is 2. The zero-order chi connectivity index (χ0) is 19.3. The smallest absolute Gasteiger partial charge is 0.267 e. The lowest BCUT2D eigenvalue weighted by Gasteiger charge is -2.18.